The van der Waals surface area contributed by atoms with Gasteiger partial charge in [0.15, 0.2) is 0 Å². The van der Waals surface area contributed by atoms with Crippen LogP contribution in [0.4, 0.5) is 5.69 Å². The van der Waals surface area contributed by atoms with Gasteiger partial charge in [-0.15, -0.1) is 0 Å². The summed E-state index contributed by atoms with van der Waals surface area (Å²) in [6.07, 6.45) is -0.0253. The number of anilines is 1. The van der Waals surface area contributed by atoms with Gasteiger partial charge in [-0.3, -0.25) is 0 Å². The van der Waals surface area contributed by atoms with E-state index in [2.05, 4.69) is 5.32 Å². The van der Waals surface area contributed by atoms with Crippen LogP contribution >= 0.6 is 23.8 Å². The fourth-order valence-electron chi connectivity index (χ4n) is 1.45. The van der Waals surface area contributed by atoms with Crippen LogP contribution in [0.5, 0.6) is 0 Å². The number of hydrogen-bond acceptors (Lipinski definition) is 4. The predicted octanol–water partition coefficient (Wildman–Crippen LogP) is 4.42. The zero-order chi connectivity index (χ0) is 16.2. The molecule has 0 aromatic heterocycles. The van der Waals surface area contributed by atoms with Crippen molar-refractivity contribution in [1.82, 2.24) is 0 Å². The molecule has 1 rings (SSSR count). The molecule has 1 aromatic rings. The molecular weight excluding hydrogens is 310 g/mol. The standard InChI is InChI=1S/C15H20ClNO3S/c1-9(2)19-14(21)17-10-6-7-12(16)11(8-10)13(18)20-15(3,4)5/h6-9H,1-5H3,(H,17,21). The van der Waals surface area contributed by atoms with Crippen molar-refractivity contribution in [1.29, 1.82) is 0 Å². The van der Waals surface area contributed by atoms with E-state index in [4.69, 9.17) is 33.3 Å². The summed E-state index contributed by atoms with van der Waals surface area (Å²) >= 11 is 11.1. The smallest absolute Gasteiger partial charge is 0.340 e. The highest BCUT2D eigenvalue weighted by Gasteiger charge is 2.20. The van der Waals surface area contributed by atoms with Gasteiger partial charge in [0, 0.05) is 5.69 Å². The Labute approximate surface area is 135 Å². The van der Waals surface area contributed by atoms with Gasteiger partial charge in [-0.05, 0) is 65.0 Å². The summed E-state index contributed by atoms with van der Waals surface area (Å²) in [6, 6.07) is 4.92. The van der Waals surface area contributed by atoms with E-state index in [1.54, 1.807) is 39.0 Å². The zero-order valence-electron chi connectivity index (χ0n) is 12.8. The Balaban J connectivity index is 2.90. The molecule has 0 aliphatic heterocycles. The van der Waals surface area contributed by atoms with Crippen LogP contribution in [0.3, 0.4) is 0 Å². The highest BCUT2D eigenvalue weighted by molar-refractivity contribution is 7.80. The Bertz CT molecular complexity index is 538. The van der Waals surface area contributed by atoms with Crippen LogP contribution in [0.15, 0.2) is 18.2 Å². The van der Waals surface area contributed by atoms with Crippen LogP contribution < -0.4 is 5.32 Å². The number of carbonyl (C=O) groups excluding carboxylic acids is 1. The number of thiocarbonyl (C=S) groups is 1. The summed E-state index contributed by atoms with van der Waals surface area (Å²) < 4.78 is 10.7. The number of rotatable bonds is 3. The second-order valence-corrected chi connectivity index (χ2v) is 6.55. The number of benzene rings is 1. The molecule has 116 valence electrons. The molecule has 0 fully saturated rings. The van der Waals surface area contributed by atoms with E-state index in [0.717, 1.165) is 0 Å². The van der Waals surface area contributed by atoms with Gasteiger partial charge in [0.05, 0.1) is 16.7 Å². The van der Waals surface area contributed by atoms with Crippen LogP contribution in [0.1, 0.15) is 45.0 Å². The van der Waals surface area contributed by atoms with E-state index in [9.17, 15) is 4.79 Å². The third-order valence-corrected chi connectivity index (χ3v) is 2.70. The topological polar surface area (TPSA) is 47.6 Å². The van der Waals surface area contributed by atoms with Crippen LogP contribution in [-0.2, 0) is 9.47 Å². The molecule has 1 aromatic carbocycles. The van der Waals surface area contributed by atoms with E-state index in [0.29, 0.717) is 10.7 Å². The Hall–Kier alpha value is -1.33. The SMILES string of the molecule is CC(C)OC(=S)Nc1ccc(Cl)c(C(=O)OC(C)(C)C)c1. The average Bonchev–Trinajstić information content (AvgIpc) is 2.28. The summed E-state index contributed by atoms with van der Waals surface area (Å²) in [5.41, 5.74) is 0.315. The molecule has 1 N–H and O–H groups in total. The van der Waals surface area contributed by atoms with Crippen molar-refractivity contribution in [2.24, 2.45) is 0 Å². The Morgan fingerprint density at radius 3 is 2.48 bits per heavy atom. The number of esters is 1. The van der Waals surface area contributed by atoms with E-state index < -0.39 is 11.6 Å². The number of nitrogens with one attached hydrogen (secondary N) is 1. The third-order valence-electron chi connectivity index (χ3n) is 2.17. The highest BCUT2D eigenvalue weighted by Crippen LogP contribution is 2.23. The van der Waals surface area contributed by atoms with Gasteiger partial charge in [0.25, 0.3) is 5.17 Å². The first-order chi connectivity index (χ1) is 9.58. The molecule has 0 heterocycles. The van der Waals surface area contributed by atoms with Crippen molar-refractivity contribution >= 4 is 40.7 Å². The van der Waals surface area contributed by atoms with E-state index >= 15 is 0 Å². The van der Waals surface area contributed by atoms with Gasteiger partial charge < -0.3 is 14.8 Å². The molecule has 6 heteroatoms. The lowest BCUT2D eigenvalue weighted by atomic mass is 10.1. The minimum absolute atomic E-state index is 0.0253. The van der Waals surface area contributed by atoms with Crippen LogP contribution in [0.2, 0.25) is 5.02 Å². The molecule has 0 bridgehead atoms. The maximum atomic E-state index is 12.1. The summed E-state index contributed by atoms with van der Waals surface area (Å²) in [5.74, 6) is -0.480. The minimum Gasteiger partial charge on any atom is -0.468 e. The second-order valence-electron chi connectivity index (χ2n) is 5.78. The lowest BCUT2D eigenvalue weighted by molar-refractivity contribution is 0.00698. The van der Waals surface area contributed by atoms with Crippen molar-refractivity contribution in [2.75, 3.05) is 5.32 Å². The van der Waals surface area contributed by atoms with Gasteiger partial charge in [-0.1, -0.05) is 11.6 Å². The van der Waals surface area contributed by atoms with E-state index in [-0.39, 0.29) is 16.8 Å². The Morgan fingerprint density at radius 1 is 1.33 bits per heavy atom. The molecule has 21 heavy (non-hydrogen) atoms. The molecule has 4 nitrogen and oxygen atoms in total. The Kier molecular flexibility index (Phi) is 5.98. The van der Waals surface area contributed by atoms with Crippen molar-refractivity contribution in [3.63, 3.8) is 0 Å². The second kappa shape index (κ2) is 7.09. The molecule has 0 amide bonds. The average molecular weight is 330 g/mol. The fourth-order valence-corrected chi connectivity index (χ4v) is 1.96. The number of carbonyl (C=O) groups is 1. The van der Waals surface area contributed by atoms with Crippen molar-refractivity contribution < 1.29 is 14.3 Å². The number of halogens is 1. The highest BCUT2D eigenvalue weighted by atomic mass is 35.5. The summed E-state index contributed by atoms with van der Waals surface area (Å²) in [5, 5.41) is 3.46. The maximum Gasteiger partial charge on any atom is 0.340 e. The normalized spacial score (nSPS) is 11.2. The van der Waals surface area contributed by atoms with Crippen molar-refractivity contribution in [3.05, 3.63) is 28.8 Å². The van der Waals surface area contributed by atoms with Crippen LogP contribution in [-0.4, -0.2) is 22.8 Å². The first-order valence-electron chi connectivity index (χ1n) is 6.59. The van der Waals surface area contributed by atoms with Gasteiger partial charge in [0.2, 0.25) is 0 Å². The predicted molar refractivity (Wildman–Crippen MR) is 89.1 cm³/mol. The molecule has 0 aliphatic rings. The molecule has 0 radical (unpaired) electrons. The summed E-state index contributed by atoms with van der Waals surface area (Å²) in [6.45, 7) is 9.15. The van der Waals surface area contributed by atoms with Gasteiger partial charge >= 0.3 is 5.97 Å². The number of hydrogen-bond donors (Lipinski definition) is 1. The lowest BCUT2D eigenvalue weighted by Gasteiger charge is -2.20. The maximum absolute atomic E-state index is 12.1. The first-order valence-corrected chi connectivity index (χ1v) is 7.37. The summed E-state index contributed by atoms with van der Waals surface area (Å²) in [7, 11) is 0. The minimum atomic E-state index is -0.583. The Morgan fingerprint density at radius 2 is 1.95 bits per heavy atom. The quantitative estimate of drug-likeness (QED) is 0.657. The van der Waals surface area contributed by atoms with Crippen LogP contribution in [0.25, 0.3) is 0 Å². The van der Waals surface area contributed by atoms with Gasteiger partial charge in [0.1, 0.15) is 5.60 Å². The number of ether oxygens (including phenoxy) is 2. The van der Waals surface area contributed by atoms with Gasteiger partial charge in [-0.25, -0.2) is 4.79 Å². The van der Waals surface area contributed by atoms with E-state index in [1.807, 2.05) is 13.8 Å². The monoisotopic (exact) mass is 329 g/mol. The lowest BCUT2D eigenvalue weighted by Crippen LogP contribution is -2.24. The van der Waals surface area contributed by atoms with Gasteiger partial charge in [-0.2, -0.15) is 0 Å². The van der Waals surface area contributed by atoms with Crippen molar-refractivity contribution in [3.8, 4) is 0 Å². The molecule has 0 aliphatic carbocycles. The largest absolute Gasteiger partial charge is 0.468 e. The first kappa shape index (κ1) is 17.7. The molecule has 0 saturated heterocycles. The molecule has 0 spiro atoms. The summed E-state index contributed by atoms with van der Waals surface area (Å²) in [4.78, 5) is 12.1. The van der Waals surface area contributed by atoms with E-state index in [1.165, 1.54) is 0 Å². The van der Waals surface area contributed by atoms with Crippen LogP contribution in [0, 0.1) is 0 Å². The molecule has 0 unspecified atom stereocenters. The molecule has 0 atom stereocenters. The molecular formula is C15H20ClNO3S. The van der Waals surface area contributed by atoms with Crippen molar-refractivity contribution in [2.45, 2.75) is 46.3 Å². The zero-order valence-corrected chi connectivity index (χ0v) is 14.4. The molecule has 0 saturated carbocycles. The fraction of sp³-hybridized carbons (Fsp3) is 0.467. The third kappa shape index (κ3) is 6.31.